The van der Waals surface area contributed by atoms with Crippen LogP contribution < -0.4 is 10.6 Å². The van der Waals surface area contributed by atoms with E-state index in [1.165, 1.54) is 11.0 Å². The first kappa shape index (κ1) is 38.7. The minimum Gasteiger partial charge on any atom is -0.460 e. The van der Waals surface area contributed by atoms with Crippen molar-refractivity contribution in [2.24, 2.45) is 0 Å². The molecule has 49 heavy (non-hydrogen) atoms. The molecule has 2 heterocycles. The van der Waals surface area contributed by atoms with Crippen LogP contribution in [0.15, 0.2) is 36.4 Å². The molecule has 0 saturated carbocycles. The zero-order valence-corrected chi connectivity index (χ0v) is 29.7. The number of amides is 3. The third-order valence-corrected chi connectivity index (χ3v) is 7.05. The fraction of sp³-hybridized carbons (Fsp3) is 0.571. The highest BCUT2D eigenvalue weighted by Crippen LogP contribution is 2.19. The Hall–Kier alpha value is -4.75. The number of rotatable bonds is 13. The lowest BCUT2D eigenvalue weighted by Crippen LogP contribution is -2.56. The molecule has 1 saturated heterocycles. The third-order valence-electron chi connectivity index (χ3n) is 7.05. The highest BCUT2D eigenvalue weighted by Gasteiger charge is 2.32. The number of hydrogen-bond acceptors (Lipinski definition) is 11. The zero-order valence-electron chi connectivity index (χ0n) is 29.7. The highest BCUT2D eigenvalue weighted by atomic mass is 16.6. The monoisotopic (exact) mass is 682 g/mol. The Bertz CT molecular complexity index is 1450. The van der Waals surface area contributed by atoms with Crippen molar-refractivity contribution in [3.05, 3.63) is 42.1 Å². The van der Waals surface area contributed by atoms with Gasteiger partial charge in [-0.1, -0.05) is 30.3 Å². The first-order valence-corrected chi connectivity index (χ1v) is 16.7. The van der Waals surface area contributed by atoms with Crippen LogP contribution in [0.1, 0.15) is 84.6 Å². The Labute approximate surface area is 288 Å². The van der Waals surface area contributed by atoms with E-state index in [9.17, 15) is 24.0 Å². The van der Waals surface area contributed by atoms with Gasteiger partial charge < -0.3 is 34.6 Å². The second-order valence-electron chi connectivity index (χ2n) is 13.6. The topological polar surface area (TPSA) is 169 Å². The van der Waals surface area contributed by atoms with Crippen LogP contribution in [0.25, 0.3) is 11.4 Å². The van der Waals surface area contributed by atoms with Crippen LogP contribution in [0.3, 0.4) is 0 Å². The van der Waals surface area contributed by atoms with Crippen molar-refractivity contribution in [3.63, 3.8) is 0 Å². The summed E-state index contributed by atoms with van der Waals surface area (Å²) in [6.45, 7) is 14.0. The molecule has 2 aromatic rings. The number of carbonyl (C=O) groups excluding carboxylic acids is 5. The van der Waals surface area contributed by atoms with E-state index in [0.29, 0.717) is 24.3 Å². The molecule has 1 aromatic heterocycles. The normalized spacial score (nSPS) is 14.0. The lowest BCUT2D eigenvalue weighted by molar-refractivity contribution is -0.156. The van der Waals surface area contributed by atoms with Gasteiger partial charge in [0.05, 0.1) is 6.61 Å². The van der Waals surface area contributed by atoms with Gasteiger partial charge >= 0.3 is 18.0 Å². The quantitative estimate of drug-likeness (QED) is 0.176. The SMILES string of the molecule is CCOC(=O)N1CCN(C(=O)[C@H](CCC(=O)OC(C)(C)C)NC(=O)c2cc(NCCCC(=O)OC(C)(C)C)nc(-c3ccccc3)n2)CC1. The van der Waals surface area contributed by atoms with E-state index in [-0.39, 0.29) is 69.5 Å². The maximum atomic E-state index is 13.8. The minimum atomic E-state index is -1.07. The smallest absolute Gasteiger partial charge is 0.409 e. The second kappa shape index (κ2) is 17.6. The molecular weight excluding hydrogens is 632 g/mol. The Kier molecular flexibility index (Phi) is 13.9. The summed E-state index contributed by atoms with van der Waals surface area (Å²) < 4.78 is 15.9. The summed E-state index contributed by atoms with van der Waals surface area (Å²) in [5.41, 5.74) is -0.613. The third kappa shape index (κ3) is 13.3. The van der Waals surface area contributed by atoms with Crippen LogP contribution >= 0.6 is 0 Å². The van der Waals surface area contributed by atoms with Crippen molar-refractivity contribution in [2.45, 2.75) is 91.4 Å². The van der Waals surface area contributed by atoms with Crippen LogP contribution in [0.4, 0.5) is 10.6 Å². The molecule has 14 heteroatoms. The summed E-state index contributed by atoms with van der Waals surface area (Å²) in [5.74, 6) is -1.20. The summed E-state index contributed by atoms with van der Waals surface area (Å²) in [7, 11) is 0. The van der Waals surface area contributed by atoms with Crippen LogP contribution in [-0.4, -0.2) is 106 Å². The second-order valence-corrected chi connectivity index (χ2v) is 13.6. The van der Waals surface area contributed by atoms with Crippen molar-refractivity contribution in [2.75, 3.05) is 44.6 Å². The molecule has 0 radical (unpaired) electrons. The standard InChI is InChI=1S/C35H50N6O8/c1-8-47-33(46)41-21-19-40(20-22-41)32(45)25(16-17-29(43)49-35(5,6)7)38-31(44)26-23-27(36-18-12-15-28(42)48-34(2,3)4)39-30(37-26)24-13-10-9-11-14-24/h9-11,13-14,23,25H,8,12,15-22H2,1-7H3,(H,38,44)(H,36,37,39)/t25-/m0/s1. The summed E-state index contributed by atoms with van der Waals surface area (Å²) in [6, 6.07) is 9.53. The van der Waals surface area contributed by atoms with E-state index in [4.69, 9.17) is 14.2 Å². The first-order chi connectivity index (χ1) is 23.0. The van der Waals surface area contributed by atoms with Crippen molar-refractivity contribution in [1.29, 1.82) is 0 Å². The Balaban J connectivity index is 1.80. The molecule has 0 aliphatic carbocycles. The van der Waals surface area contributed by atoms with E-state index < -0.39 is 41.1 Å². The molecule has 1 aromatic carbocycles. The summed E-state index contributed by atoms with van der Waals surface area (Å²) in [4.78, 5) is 76.6. The number of carbonyl (C=O) groups is 5. The number of esters is 2. The largest absolute Gasteiger partial charge is 0.460 e. The van der Waals surface area contributed by atoms with Crippen molar-refractivity contribution >= 4 is 35.7 Å². The molecule has 14 nitrogen and oxygen atoms in total. The molecule has 1 atom stereocenters. The molecule has 0 bridgehead atoms. The number of anilines is 1. The van der Waals surface area contributed by atoms with Gasteiger partial charge in [0, 0.05) is 57.2 Å². The van der Waals surface area contributed by atoms with Gasteiger partial charge in [-0.05, 0) is 61.3 Å². The van der Waals surface area contributed by atoms with Crippen molar-refractivity contribution in [3.8, 4) is 11.4 Å². The van der Waals surface area contributed by atoms with Gasteiger partial charge in [0.15, 0.2) is 5.82 Å². The predicted molar refractivity (Wildman–Crippen MR) is 183 cm³/mol. The molecule has 3 amide bonds. The lowest BCUT2D eigenvalue weighted by atomic mass is 10.1. The van der Waals surface area contributed by atoms with Crippen LogP contribution in [0.5, 0.6) is 0 Å². The number of piperazine rings is 1. The maximum Gasteiger partial charge on any atom is 0.409 e. The van der Waals surface area contributed by atoms with Gasteiger partial charge in [0.25, 0.3) is 5.91 Å². The molecule has 0 spiro atoms. The van der Waals surface area contributed by atoms with Crippen LogP contribution in [0.2, 0.25) is 0 Å². The molecule has 3 rings (SSSR count). The maximum absolute atomic E-state index is 13.8. The molecule has 1 fully saturated rings. The molecule has 1 aliphatic rings. The number of benzene rings is 1. The Morgan fingerprint density at radius 1 is 0.837 bits per heavy atom. The summed E-state index contributed by atoms with van der Waals surface area (Å²) >= 11 is 0. The van der Waals surface area contributed by atoms with E-state index in [1.807, 2.05) is 51.1 Å². The number of hydrogen-bond donors (Lipinski definition) is 2. The number of nitrogens with one attached hydrogen (secondary N) is 2. The van der Waals surface area contributed by atoms with Gasteiger partial charge in [0.1, 0.15) is 28.8 Å². The number of aromatic nitrogens is 2. The van der Waals surface area contributed by atoms with E-state index in [0.717, 1.165) is 0 Å². The van der Waals surface area contributed by atoms with E-state index >= 15 is 0 Å². The van der Waals surface area contributed by atoms with Gasteiger partial charge in [0.2, 0.25) is 5.91 Å². The Morgan fingerprint density at radius 3 is 2.02 bits per heavy atom. The summed E-state index contributed by atoms with van der Waals surface area (Å²) in [5, 5.41) is 5.95. The molecular formula is C35H50N6O8. The Morgan fingerprint density at radius 2 is 1.43 bits per heavy atom. The van der Waals surface area contributed by atoms with Gasteiger partial charge in [-0.15, -0.1) is 0 Å². The van der Waals surface area contributed by atoms with E-state index in [2.05, 4.69) is 20.6 Å². The zero-order chi connectivity index (χ0) is 36.2. The van der Waals surface area contributed by atoms with Crippen LogP contribution in [0, 0.1) is 0 Å². The molecule has 268 valence electrons. The average molecular weight is 683 g/mol. The summed E-state index contributed by atoms with van der Waals surface area (Å²) in [6.07, 6.45) is 0.0938. The van der Waals surface area contributed by atoms with Gasteiger partial charge in [-0.25, -0.2) is 14.8 Å². The lowest BCUT2D eigenvalue weighted by Gasteiger charge is -2.36. The molecule has 1 aliphatic heterocycles. The minimum absolute atomic E-state index is 0.00527. The first-order valence-electron chi connectivity index (χ1n) is 16.7. The number of ether oxygens (including phenoxy) is 3. The van der Waals surface area contributed by atoms with Crippen LogP contribution in [-0.2, 0) is 28.6 Å². The van der Waals surface area contributed by atoms with Crippen molar-refractivity contribution < 1.29 is 38.2 Å². The van der Waals surface area contributed by atoms with Crippen molar-refractivity contribution in [1.82, 2.24) is 25.1 Å². The van der Waals surface area contributed by atoms with Gasteiger partial charge in [-0.3, -0.25) is 19.2 Å². The average Bonchev–Trinajstić information content (AvgIpc) is 3.03. The number of nitrogens with zero attached hydrogens (tertiary/aromatic N) is 4. The highest BCUT2D eigenvalue weighted by molar-refractivity contribution is 5.97. The molecule has 0 unspecified atom stereocenters. The van der Waals surface area contributed by atoms with E-state index in [1.54, 1.807) is 32.6 Å². The fourth-order valence-electron chi connectivity index (χ4n) is 4.90. The predicted octanol–water partition coefficient (Wildman–Crippen LogP) is 4.20. The molecule has 2 N–H and O–H groups in total. The fourth-order valence-corrected chi connectivity index (χ4v) is 4.90. The van der Waals surface area contributed by atoms with Gasteiger partial charge in [-0.2, -0.15) is 0 Å².